The molecular weight excluding hydrogens is 462 g/mol. The first kappa shape index (κ1) is 21.7. The van der Waals surface area contributed by atoms with Crippen LogP contribution in [0.3, 0.4) is 0 Å². The molecule has 1 amide bonds. The average Bonchev–Trinajstić information content (AvgIpc) is 3.40. The normalized spacial score (nSPS) is 14.5. The predicted molar refractivity (Wildman–Crippen MR) is 146 cm³/mol. The molecule has 6 nitrogen and oxygen atoms in total. The van der Waals surface area contributed by atoms with Crippen molar-refractivity contribution in [3.05, 3.63) is 95.7 Å². The molecule has 182 valence electrons. The number of hydrogen-bond donors (Lipinski definition) is 4. The molecule has 2 aromatic heterocycles. The van der Waals surface area contributed by atoms with Crippen molar-refractivity contribution in [3.8, 4) is 22.7 Å². The molecule has 0 spiro atoms. The number of aromatic amines is 1. The fraction of sp³-hybridized carbons (Fsp3) is 0.129. The Bertz CT molecular complexity index is 1910. The fourth-order valence-corrected chi connectivity index (χ4v) is 5.64. The third kappa shape index (κ3) is 3.12. The molecule has 0 radical (unpaired) electrons. The van der Waals surface area contributed by atoms with Crippen molar-refractivity contribution >= 4 is 38.5 Å². The lowest BCUT2D eigenvalue weighted by Crippen LogP contribution is -2.11. The topological polar surface area (TPSA) is 104 Å². The molecule has 1 fully saturated rings. The maximum atomic E-state index is 12.3. The number of carbonyl (C=O) groups is 1. The van der Waals surface area contributed by atoms with Gasteiger partial charge >= 0.3 is 0 Å². The smallest absolute Gasteiger partial charge is 0.250 e. The van der Waals surface area contributed by atoms with Crippen LogP contribution in [0, 0.1) is 6.92 Å². The predicted octanol–water partition coefficient (Wildman–Crippen LogP) is 6.03. The van der Waals surface area contributed by atoms with Crippen LogP contribution in [0.15, 0.2) is 79.0 Å². The third-order valence-electron chi connectivity index (χ3n) is 7.83. The van der Waals surface area contributed by atoms with E-state index in [4.69, 9.17) is 5.73 Å². The van der Waals surface area contributed by atoms with E-state index in [0.29, 0.717) is 11.1 Å². The van der Waals surface area contributed by atoms with Gasteiger partial charge in [-0.1, -0.05) is 48.5 Å². The number of carbonyl (C=O) groups excluding carboxylic acids is 1. The van der Waals surface area contributed by atoms with E-state index >= 15 is 0 Å². The molecule has 1 aliphatic carbocycles. The first-order valence-corrected chi connectivity index (χ1v) is 12.4. The minimum absolute atomic E-state index is 0.197. The average molecular weight is 488 g/mol. The van der Waals surface area contributed by atoms with Crippen molar-refractivity contribution in [2.75, 3.05) is 0 Å². The number of aromatic hydroxyl groups is 1. The molecule has 6 aromatic rings. The monoisotopic (exact) mass is 487 g/mol. The molecule has 1 saturated carbocycles. The van der Waals surface area contributed by atoms with E-state index in [1.165, 1.54) is 0 Å². The van der Waals surface area contributed by atoms with Crippen molar-refractivity contribution < 1.29 is 15.0 Å². The minimum atomic E-state index is -0.756. The van der Waals surface area contributed by atoms with Gasteiger partial charge < -0.3 is 20.9 Å². The highest BCUT2D eigenvalue weighted by molar-refractivity contribution is 6.20. The molecule has 1 aliphatic rings. The lowest BCUT2D eigenvalue weighted by atomic mass is 9.93. The van der Waals surface area contributed by atoms with Gasteiger partial charge in [0.05, 0.1) is 22.4 Å². The van der Waals surface area contributed by atoms with Crippen molar-refractivity contribution in [1.82, 2.24) is 9.55 Å². The van der Waals surface area contributed by atoms with Crippen LogP contribution in [-0.2, 0) is 5.60 Å². The zero-order chi connectivity index (χ0) is 25.5. The standard InChI is InChI=1S/C31H25N3O3/c1-17-20(7-4-8-26(17)34-16-18-5-2-3-6-21(18)30(34)36)22-11-12-24(29(32)35)28-27(22)23-10-9-19(15-25(23)33-28)31(37)13-14-31/h2-12,15-16,33,36-37H,13-14H2,1H3,(H2,32,35). The van der Waals surface area contributed by atoms with Gasteiger partial charge in [-0.3, -0.25) is 9.36 Å². The SMILES string of the molecule is Cc1c(-c2ccc(C(N)=O)c3[nH]c4cc(C5(O)CC5)ccc4c23)cccc1-n1cc2ccccc2c1O. The van der Waals surface area contributed by atoms with Crippen LogP contribution in [-0.4, -0.2) is 25.7 Å². The Morgan fingerprint density at radius 3 is 2.54 bits per heavy atom. The molecule has 2 heterocycles. The number of fused-ring (bicyclic) bond motifs is 4. The fourth-order valence-electron chi connectivity index (χ4n) is 5.64. The highest BCUT2D eigenvalue weighted by atomic mass is 16.3. The van der Waals surface area contributed by atoms with Crippen LogP contribution in [0.2, 0.25) is 0 Å². The van der Waals surface area contributed by atoms with Crippen molar-refractivity contribution in [1.29, 1.82) is 0 Å². The Balaban J connectivity index is 1.49. The molecule has 37 heavy (non-hydrogen) atoms. The highest BCUT2D eigenvalue weighted by Crippen LogP contribution is 2.47. The summed E-state index contributed by atoms with van der Waals surface area (Å²) in [6.45, 7) is 2.04. The van der Waals surface area contributed by atoms with Crippen LogP contribution in [0.4, 0.5) is 0 Å². The van der Waals surface area contributed by atoms with E-state index in [9.17, 15) is 15.0 Å². The Morgan fingerprint density at radius 1 is 0.973 bits per heavy atom. The summed E-state index contributed by atoms with van der Waals surface area (Å²) < 4.78 is 1.82. The first-order valence-electron chi connectivity index (χ1n) is 12.4. The number of rotatable bonds is 4. The zero-order valence-corrected chi connectivity index (χ0v) is 20.2. The van der Waals surface area contributed by atoms with E-state index in [1.807, 2.05) is 78.4 Å². The number of aliphatic hydroxyl groups is 1. The number of aromatic nitrogens is 2. The molecule has 0 atom stereocenters. The molecule has 4 aromatic carbocycles. The lowest BCUT2D eigenvalue weighted by molar-refractivity contribution is 0.100. The molecule has 0 aliphatic heterocycles. The second kappa shape index (κ2) is 7.48. The Morgan fingerprint density at radius 2 is 1.78 bits per heavy atom. The van der Waals surface area contributed by atoms with Gasteiger partial charge in [0.2, 0.25) is 5.88 Å². The number of benzene rings is 4. The van der Waals surface area contributed by atoms with Crippen LogP contribution in [0.1, 0.15) is 34.3 Å². The van der Waals surface area contributed by atoms with E-state index in [2.05, 4.69) is 11.1 Å². The van der Waals surface area contributed by atoms with E-state index in [0.717, 1.165) is 67.8 Å². The van der Waals surface area contributed by atoms with Gasteiger partial charge in [-0.2, -0.15) is 0 Å². The van der Waals surface area contributed by atoms with Gasteiger partial charge in [0.1, 0.15) is 0 Å². The van der Waals surface area contributed by atoms with Gasteiger partial charge in [0, 0.05) is 33.3 Å². The highest BCUT2D eigenvalue weighted by Gasteiger charge is 2.42. The molecule has 5 N–H and O–H groups in total. The molecule has 6 heteroatoms. The largest absolute Gasteiger partial charge is 0.494 e. The summed E-state index contributed by atoms with van der Waals surface area (Å²) in [5.74, 6) is -0.304. The first-order chi connectivity index (χ1) is 17.9. The van der Waals surface area contributed by atoms with Gasteiger partial charge in [0.25, 0.3) is 5.91 Å². The summed E-state index contributed by atoms with van der Waals surface area (Å²) in [5.41, 5.74) is 11.6. The van der Waals surface area contributed by atoms with Crippen molar-refractivity contribution in [3.63, 3.8) is 0 Å². The summed E-state index contributed by atoms with van der Waals surface area (Å²) in [6, 6.07) is 23.4. The molecule has 0 unspecified atom stereocenters. The van der Waals surface area contributed by atoms with E-state index in [-0.39, 0.29) is 5.88 Å². The Labute approximate surface area is 212 Å². The quantitative estimate of drug-likeness (QED) is 0.244. The Kier molecular flexibility index (Phi) is 4.39. The van der Waals surface area contributed by atoms with Gasteiger partial charge in [-0.15, -0.1) is 0 Å². The van der Waals surface area contributed by atoms with E-state index in [1.54, 1.807) is 6.07 Å². The molecule has 0 bridgehead atoms. The maximum Gasteiger partial charge on any atom is 0.250 e. The summed E-state index contributed by atoms with van der Waals surface area (Å²) in [4.78, 5) is 15.7. The number of nitrogens with one attached hydrogen (secondary N) is 1. The molecular formula is C31H25N3O3. The third-order valence-corrected chi connectivity index (χ3v) is 7.83. The molecule has 7 rings (SSSR count). The Hall–Kier alpha value is -4.55. The van der Waals surface area contributed by atoms with Crippen LogP contribution < -0.4 is 5.73 Å². The van der Waals surface area contributed by atoms with Gasteiger partial charge in [0.15, 0.2) is 0 Å². The summed E-state index contributed by atoms with van der Waals surface area (Å²) >= 11 is 0. The van der Waals surface area contributed by atoms with Crippen molar-refractivity contribution in [2.45, 2.75) is 25.4 Å². The number of hydrogen-bond acceptors (Lipinski definition) is 3. The summed E-state index contributed by atoms with van der Waals surface area (Å²) in [6.07, 6.45) is 3.45. The minimum Gasteiger partial charge on any atom is -0.494 e. The van der Waals surface area contributed by atoms with Crippen LogP contribution >= 0.6 is 0 Å². The number of nitrogens with two attached hydrogens (primary N) is 1. The number of primary amides is 1. The number of amides is 1. The zero-order valence-electron chi connectivity index (χ0n) is 20.2. The van der Waals surface area contributed by atoms with Crippen LogP contribution in [0.25, 0.3) is 49.4 Å². The number of nitrogens with zero attached hydrogens (tertiary/aromatic N) is 1. The lowest BCUT2D eigenvalue weighted by Gasteiger charge is -2.15. The summed E-state index contributed by atoms with van der Waals surface area (Å²) in [5, 5.41) is 25.3. The van der Waals surface area contributed by atoms with Crippen molar-refractivity contribution in [2.24, 2.45) is 5.73 Å². The van der Waals surface area contributed by atoms with Crippen LogP contribution in [0.5, 0.6) is 5.88 Å². The van der Waals surface area contributed by atoms with E-state index < -0.39 is 11.5 Å². The molecule has 0 saturated heterocycles. The maximum absolute atomic E-state index is 12.3. The number of H-pyrrole nitrogens is 1. The second-order valence-corrected chi connectivity index (χ2v) is 10.1. The van der Waals surface area contributed by atoms with Gasteiger partial charge in [-0.25, -0.2) is 0 Å². The second-order valence-electron chi connectivity index (χ2n) is 10.1. The summed E-state index contributed by atoms with van der Waals surface area (Å²) in [7, 11) is 0. The van der Waals surface area contributed by atoms with Gasteiger partial charge in [-0.05, 0) is 66.3 Å².